The van der Waals surface area contributed by atoms with Gasteiger partial charge in [-0.3, -0.25) is 4.79 Å². The van der Waals surface area contributed by atoms with Crippen molar-refractivity contribution in [3.8, 4) is 11.8 Å². The zero-order valence-electron chi connectivity index (χ0n) is 13.5. The Kier molecular flexibility index (Phi) is 5.57. The van der Waals surface area contributed by atoms with Crippen molar-refractivity contribution in [1.82, 2.24) is 4.57 Å². The molecule has 1 aromatic heterocycles. The highest BCUT2D eigenvalue weighted by molar-refractivity contribution is 9.10. The van der Waals surface area contributed by atoms with Crippen LogP contribution in [0.25, 0.3) is 11.8 Å². The predicted octanol–water partition coefficient (Wildman–Crippen LogP) is 5.44. The SMILES string of the molecule is N#C/C(=C\c1cccn1-c1ccc(Br)cc1)C(=O)Nc1ccc(Cl)cc1. The summed E-state index contributed by atoms with van der Waals surface area (Å²) in [6, 6.07) is 20.1. The van der Waals surface area contributed by atoms with E-state index in [4.69, 9.17) is 11.6 Å². The van der Waals surface area contributed by atoms with E-state index in [1.165, 1.54) is 0 Å². The summed E-state index contributed by atoms with van der Waals surface area (Å²) in [5, 5.41) is 12.7. The highest BCUT2D eigenvalue weighted by Crippen LogP contribution is 2.19. The summed E-state index contributed by atoms with van der Waals surface area (Å²) in [6.07, 6.45) is 3.44. The zero-order chi connectivity index (χ0) is 18.5. The molecule has 6 heteroatoms. The molecule has 0 fully saturated rings. The van der Waals surface area contributed by atoms with Crippen LogP contribution in [0.5, 0.6) is 0 Å². The Bertz CT molecular complexity index is 999. The minimum Gasteiger partial charge on any atom is -0.321 e. The molecule has 2 aromatic carbocycles. The van der Waals surface area contributed by atoms with Crippen molar-refractivity contribution in [2.24, 2.45) is 0 Å². The molecule has 0 aliphatic rings. The second-order valence-electron chi connectivity index (χ2n) is 5.41. The highest BCUT2D eigenvalue weighted by Gasteiger charge is 2.11. The maximum absolute atomic E-state index is 12.4. The number of amides is 1. The summed E-state index contributed by atoms with van der Waals surface area (Å²) < 4.78 is 2.88. The maximum Gasteiger partial charge on any atom is 0.266 e. The van der Waals surface area contributed by atoms with Crippen LogP contribution in [0, 0.1) is 11.3 Å². The summed E-state index contributed by atoms with van der Waals surface area (Å²) >= 11 is 9.24. The van der Waals surface area contributed by atoms with Crippen molar-refractivity contribution in [2.75, 3.05) is 5.32 Å². The molecule has 0 aliphatic carbocycles. The van der Waals surface area contributed by atoms with Crippen molar-refractivity contribution >= 4 is 45.2 Å². The lowest BCUT2D eigenvalue weighted by molar-refractivity contribution is -0.112. The number of halogens is 2. The first kappa shape index (κ1) is 18.0. The van der Waals surface area contributed by atoms with Crippen LogP contribution in [0.2, 0.25) is 5.02 Å². The first-order valence-corrected chi connectivity index (χ1v) is 8.86. The van der Waals surface area contributed by atoms with Crippen molar-refractivity contribution in [1.29, 1.82) is 5.26 Å². The number of nitrogens with one attached hydrogen (secondary N) is 1. The minimum absolute atomic E-state index is 0.0111. The first-order chi connectivity index (χ1) is 12.6. The molecule has 0 spiro atoms. The number of benzene rings is 2. The van der Waals surface area contributed by atoms with Crippen LogP contribution in [0.1, 0.15) is 5.69 Å². The molecule has 3 rings (SSSR count). The van der Waals surface area contributed by atoms with Gasteiger partial charge >= 0.3 is 0 Å². The number of nitrogens with zero attached hydrogens (tertiary/aromatic N) is 2. The third-order valence-electron chi connectivity index (χ3n) is 3.64. The fourth-order valence-corrected chi connectivity index (χ4v) is 2.77. The molecule has 0 radical (unpaired) electrons. The topological polar surface area (TPSA) is 57.8 Å². The molecule has 0 aliphatic heterocycles. The van der Waals surface area contributed by atoms with Gasteiger partial charge in [-0.15, -0.1) is 0 Å². The molecule has 0 saturated carbocycles. The lowest BCUT2D eigenvalue weighted by atomic mass is 10.2. The van der Waals surface area contributed by atoms with E-state index in [9.17, 15) is 10.1 Å². The van der Waals surface area contributed by atoms with E-state index in [1.807, 2.05) is 53.2 Å². The number of aromatic nitrogens is 1. The molecule has 1 amide bonds. The second-order valence-corrected chi connectivity index (χ2v) is 6.76. The van der Waals surface area contributed by atoms with Crippen LogP contribution in [-0.2, 0) is 4.79 Å². The summed E-state index contributed by atoms with van der Waals surface area (Å²) in [4.78, 5) is 12.4. The number of carbonyl (C=O) groups excluding carboxylic acids is 1. The van der Waals surface area contributed by atoms with Crippen molar-refractivity contribution < 1.29 is 4.79 Å². The van der Waals surface area contributed by atoms with Crippen LogP contribution < -0.4 is 5.32 Å². The van der Waals surface area contributed by atoms with Gasteiger partial charge in [0.1, 0.15) is 11.6 Å². The van der Waals surface area contributed by atoms with Gasteiger partial charge < -0.3 is 9.88 Å². The molecule has 0 atom stereocenters. The van der Waals surface area contributed by atoms with Crippen LogP contribution in [0.3, 0.4) is 0 Å². The molecule has 26 heavy (non-hydrogen) atoms. The Morgan fingerprint density at radius 1 is 1.12 bits per heavy atom. The molecule has 0 unspecified atom stereocenters. The fourth-order valence-electron chi connectivity index (χ4n) is 2.38. The van der Waals surface area contributed by atoms with E-state index in [0.29, 0.717) is 10.7 Å². The Balaban J connectivity index is 1.87. The Morgan fingerprint density at radius 2 is 1.81 bits per heavy atom. The van der Waals surface area contributed by atoms with Gasteiger partial charge in [0.25, 0.3) is 5.91 Å². The van der Waals surface area contributed by atoms with E-state index in [0.717, 1.165) is 15.9 Å². The number of nitriles is 1. The highest BCUT2D eigenvalue weighted by atomic mass is 79.9. The number of hydrogen-bond acceptors (Lipinski definition) is 2. The summed E-state index contributed by atoms with van der Waals surface area (Å²) in [5.74, 6) is -0.474. The van der Waals surface area contributed by atoms with Gasteiger partial charge in [-0.05, 0) is 66.7 Å². The normalized spacial score (nSPS) is 11.0. The Morgan fingerprint density at radius 3 is 2.46 bits per heavy atom. The number of anilines is 1. The third-order valence-corrected chi connectivity index (χ3v) is 4.43. The van der Waals surface area contributed by atoms with Gasteiger partial charge in [-0.1, -0.05) is 27.5 Å². The van der Waals surface area contributed by atoms with Crippen molar-refractivity contribution in [3.05, 3.63) is 87.6 Å². The van der Waals surface area contributed by atoms with E-state index >= 15 is 0 Å². The summed E-state index contributed by atoms with van der Waals surface area (Å²) in [7, 11) is 0. The van der Waals surface area contributed by atoms with Gasteiger partial charge in [0.15, 0.2) is 0 Å². The predicted molar refractivity (Wildman–Crippen MR) is 107 cm³/mol. The molecule has 3 aromatic rings. The monoisotopic (exact) mass is 425 g/mol. The van der Waals surface area contributed by atoms with Crippen molar-refractivity contribution in [2.45, 2.75) is 0 Å². The number of rotatable bonds is 4. The third kappa shape index (κ3) is 4.23. The molecule has 0 saturated heterocycles. The Hall–Kier alpha value is -2.81. The van der Waals surface area contributed by atoms with Crippen LogP contribution in [0.4, 0.5) is 5.69 Å². The average molecular weight is 427 g/mol. The standard InChI is InChI=1S/C20H13BrClN3O/c21-15-3-9-18(10-4-15)25-11-1-2-19(25)12-14(13-23)20(26)24-17-7-5-16(22)6-8-17/h1-12H,(H,24,26)/b14-12+. The van der Waals surface area contributed by atoms with E-state index in [2.05, 4.69) is 21.2 Å². The smallest absolute Gasteiger partial charge is 0.266 e. The molecule has 4 nitrogen and oxygen atoms in total. The van der Waals surface area contributed by atoms with E-state index < -0.39 is 5.91 Å². The van der Waals surface area contributed by atoms with Gasteiger partial charge in [-0.2, -0.15) is 5.26 Å². The van der Waals surface area contributed by atoms with Gasteiger partial charge in [-0.25, -0.2) is 0 Å². The minimum atomic E-state index is -0.474. The van der Waals surface area contributed by atoms with Gasteiger partial charge in [0, 0.05) is 32.8 Å². The average Bonchev–Trinajstić information content (AvgIpc) is 3.10. The van der Waals surface area contributed by atoms with E-state index in [-0.39, 0.29) is 5.57 Å². The van der Waals surface area contributed by atoms with Crippen LogP contribution in [0.15, 0.2) is 76.9 Å². The van der Waals surface area contributed by atoms with Crippen molar-refractivity contribution in [3.63, 3.8) is 0 Å². The fraction of sp³-hybridized carbons (Fsp3) is 0. The molecule has 1 N–H and O–H groups in total. The number of carbonyl (C=O) groups is 1. The lowest BCUT2D eigenvalue weighted by Gasteiger charge is -2.08. The maximum atomic E-state index is 12.4. The Labute approximate surface area is 164 Å². The van der Waals surface area contributed by atoms with E-state index in [1.54, 1.807) is 30.3 Å². The molecular weight excluding hydrogens is 414 g/mol. The quantitative estimate of drug-likeness (QED) is 0.446. The van der Waals surface area contributed by atoms with Crippen LogP contribution >= 0.6 is 27.5 Å². The lowest BCUT2D eigenvalue weighted by Crippen LogP contribution is -2.13. The zero-order valence-corrected chi connectivity index (χ0v) is 15.8. The molecular formula is C20H13BrClN3O. The summed E-state index contributed by atoms with van der Waals surface area (Å²) in [5.41, 5.74) is 2.25. The molecule has 0 bridgehead atoms. The number of hydrogen-bond donors (Lipinski definition) is 1. The van der Waals surface area contributed by atoms with Gasteiger partial charge in [0.05, 0.1) is 0 Å². The van der Waals surface area contributed by atoms with Crippen LogP contribution in [-0.4, -0.2) is 10.5 Å². The second kappa shape index (κ2) is 8.05. The largest absolute Gasteiger partial charge is 0.321 e. The summed E-state index contributed by atoms with van der Waals surface area (Å²) in [6.45, 7) is 0. The molecule has 128 valence electrons. The van der Waals surface area contributed by atoms with Gasteiger partial charge in [0.2, 0.25) is 0 Å². The molecule has 1 heterocycles. The first-order valence-electron chi connectivity index (χ1n) is 7.69.